The monoisotopic (exact) mass is 232 g/mol. The summed E-state index contributed by atoms with van der Waals surface area (Å²) in [6, 6.07) is 0. The van der Waals surface area contributed by atoms with Gasteiger partial charge in [0.15, 0.2) is 11.2 Å². The minimum absolute atomic E-state index is 0.656. The van der Waals surface area contributed by atoms with Crippen LogP contribution in [0, 0.1) is 0 Å². The topological polar surface area (TPSA) is 121 Å². The second-order valence-electron chi connectivity index (χ2n) is 3.36. The molecule has 2 unspecified atom stereocenters. The molecule has 7 nitrogen and oxygen atoms in total. The van der Waals surface area contributed by atoms with Crippen LogP contribution in [0.5, 0.6) is 0 Å². The largest absolute Gasteiger partial charge is 0.479 e. The smallest absolute Gasteiger partial charge is 0.349 e. The number of rotatable bonds is 4. The van der Waals surface area contributed by atoms with E-state index in [1.807, 2.05) is 0 Å². The predicted molar refractivity (Wildman–Crippen MR) is 50.2 cm³/mol. The van der Waals surface area contributed by atoms with Crippen LogP contribution in [0.15, 0.2) is 12.7 Å². The molecule has 2 atom stereocenters. The number of carbonyl (C=O) groups excluding carboxylic acids is 2. The number of carboxylic acids is 1. The average molecular weight is 232 g/mol. The van der Waals surface area contributed by atoms with E-state index in [9.17, 15) is 24.6 Å². The Morgan fingerprint density at radius 3 is 1.94 bits per heavy atom. The van der Waals surface area contributed by atoms with E-state index in [0.29, 0.717) is 13.0 Å². The number of hydrogen-bond acceptors (Lipinski definition) is 6. The molecule has 0 fully saturated rings. The van der Waals surface area contributed by atoms with Crippen LogP contribution in [0.2, 0.25) is 0 Å². The van der Waals surface area contributed by atoms with Gasteiger partial charge in [-0.25, -0.2) is 14.4 Å². The fraction of sp³-hybridized carbons (Fsp3) is 0.444. The molecule has 0 aromatic rings. The van der Waals surface area contributed by atoms with Crippen molar-refractivity contribution in [1.82, 2.24) is 0 Å². The summed E-state index contributed by atoms with van der Waals surface area (Å²) < 4.78 is 4.03. The highest BCUT2D eigenvalue weighted by molar-refractivity contribution is 5.98. The SMILES string of the molecule is C=CC(=O)OC(=O)C(C)(O)C(C)(O)C(=O)O. The minimum atomic E-state index is -2.79. The highest BCUT2D eigenvalue weighted by Crippen LogP contribution is 2.23. The van der Waals surface area contributed by atoms with Crippen molar-refractivity contribution in [2.24, 2.45) is 0 Å². The molecule has 0 aromatic carbocycles. The zero-order valence-corrected chi connectivity index (χ0v) is 8.76. The number of carboxylic acid groups (broad SMARTS) is 1. The van der Waals surface area contributed by atoms with Crippen LogP contribution < -0.4 is 0 Å². The lowest BCUT2D eigenvalue weighted by atomic mass is 9.86. The predicted octanol–water partition coefficient (Wildman–Crippen LogP) is -1.17. The summed E-state index contributed by atoms with van der Waals surface area (Å²) in [6.07, 6.45) is 0.656. The molecule has 0 radical (unpaired) electrons. The summed E-state index contributed by atoms with van der Waals surface area (Å²) in [5, 5.41) is 27.5. The van der Waals surface area contributed by atoms with Crippen LogP contribution in [0.3, 0.4) is 0 Å². The lowest BCUT2D eigenvalue weighted by Crippen LogP contribution is -2.60. The van der Waals surface area contributed by atoms with Gasteiger partial charge in [0.1, 0.15) is 0 Å². The lowest BCUT2D eigenvalue weighted by molar-refractivity contribution is -0.203. The van der Waals surface area contributed by atoms with Gasteiger partial charge in [-0.3, -0.25) is 0 Å². The second kappa shape index (κ2) is 4.42. The molecule has 0 aliphatic heterocycles. The molecule has 0 saturated carbocycles. The molecule has 0 spiro atoms. The zero-order valence-electron chi connectivity index (χ0n) is 8.76. The van der Waals surface area contributed by atoms with Crippen molar-refractivity contribution in [1.29, 1.82) is 0 Å². The molecule has 0 bridgehead atoms. The van der Waals surface area contributed by atoms with E-state index in [0.717, 1.165) is 6.92 Å². The van der Waals surface area contributed by atoms with E-state index >= 15 is 0 Å². The van der Waals surface area contributed by atoms with Crippen molar-refractivity contribution < 1.29 is 34.4 Å². The summed E-state index contributed by atoms with van der Waals surface area (Å²) in [5.74, 6) is -4.57. The Bertz CT molecular complexity index is 340. The molecule has 0 aliphatic carbocycles. The lowest BCUT2D eigenvalue weighted by Gasteiger charge is -2.31. The third-order valence-electron chi connectivity index (χ3n) is 2.12. The number of ether oxygens (including phenoxy) is 1. The van der Waals surface area contributed by atoms with Gasteiger partial charge in [-0.15, -0.1) is 0 Å². The summed E-state index contributed by atoms with van der Waals surface area (Å²) in [5.41, 5.74) is -5.55. The Balaban J connectivity index is 5.06. The van der Waals surface area contributed by atoms with Crippen molar-refractivity contribution in [2.45, 2.75) is 25.0 Å². The number of carbonyl (C=O) groups is 3. The molecule has 90 valence electrons. The first-order chi connectivity index (χ1) is 7.07. The maximum atomic E-state index is 11.2. The summed E-state index contributed by atoms with van der Waals surface area (Å²) in [7, 11) is 0. The van der Waals surface area contributed by atoms with Gasteiger partial charge < -0.3 is 20.1 Å². The Morgan fingerprint density at radius 2 is 1.62 bits per heavy atom. The van der Waals surface area contributed by atoms with E-state index in [1.165, 1.54) is 0 Å². The molecule has 7 heteroatoms. The first-order valence-electron chi connectivity index (χ1n) is 4.14. The van der Waals surface area contributed by atoms with Crippen molar-refractivity contribution in [3.05, 3.63) is 12.7 Å². The maximum absolute atomic E-state index is 11.2. The van der Waals surface area contributed by atoms with Crippen LogP contribution >= 0.6 is 0 Å². The first kappa shape index (κ1) is 14.3. The van der Waals surface area contributed by atoms with Crippen LogP contribution in [0.25, 0.3) is 0 Å². The van der Waals surface area contributed by atoms with Crippen molar-refractivity contribution in [2.75, 3.05) is 0 Å². The third-order valence-corrected chi connectivity index (χ3v) is 2.12. The molecule has 16 heavy (non-hydrogen) atoms. The van der Waals surface area contributed by atoms with Gasteiger partial charge >= 0.3 is 17.9 Å². The third kappa shape index (κ3) is 2.44. The molecular formula is C9H12O7. The molecule has 3 N–H and O–H groups in total. The van der Waals surface area contributed by atoms with Crippen molar-refractivity contribution in [3.8, 4) is 0 Å². The number of aliphatic hydroxyl groups is 2. The zero-order chi connectivity index (χ0) is 13.1. The van der Waals surface area contributed by atoms with Crippen LogP contribution in [0.1, 0.15) is 13.8 Å². The Kier molecular flexibility index (Phi) is 3.94. The molecular weight excluding hydrogens is 220 g/mol. The number of aliphatic carboxylic acids is 1. The van der Waals surface area contributed by atoms with Crippen LogP contribution in [-0.4, -0.2) is 44.4 Å². The number of esters is 2. The van der Waals surface area contributed by atoms with Gasteiger partial charge in [0.25, 0.3) is 0 Å². The Labute approximate surface area is 90.9 Å². The van der Waals surface area contributed by atoms with Crippen molar-refractivity contribution >= 4 is 17.9 Å². The van der Waals surface area contributed by atoms with Crippen molar-refractivity contribution in [3.63, 3.8) is 0 Å². The molecule has 0 heterocycles. The van der Waals surface area contributed by atoms with Crippen LogP contribution in [0.4, 0.5) is 0 Å². The molecule has 0 rings (SSSR count). The maximum Gasteiger partial charge on any atom is 0.349 e. The van der Waals surface area contributed by atoms with E-state index in [1.54, 1.807) is 0 Å². The van der Waals surface area contributed by atoms with E-state index < -0.39 is 29.1 Å². The fourth-order valence-corrected chi connectivity index (χ4v) is 0.639. The summed E-state index contributed by atoms with van der Waals surface area (Å²) >= 11 is 0. The van der Waals surface area contributed by atoms with Gasteiger partial charge in [-0.05, 0) is 13.8 Å². The van der Waals surface area contributed by atoms with Crippen LogP contribution in [-0.2, 0) is 19.1 Å². The van der Waals surface area contributed by atoms with E-state index in [2.05, 4.69) is 11.3 Å². The molecule has 0 aromatic heterocycles. The van der Waals surface area contributed by atoms with E-state index in [-0.39, 0.29) is 0 Å². The summed E-state index contributed by atoms with van der Waals surface area (Å²) in [4.78, 5) is 32.5. The quantitative estimate of drug-likeness (QED) is 0.317. The van der Waals surface area contributed by atoms with Gasteiger partial charge in [0.05, 0.1) is 0 Å². The highest BCUT2D eigenvalue weighted by atomic mass is 16.6. The van der Waals surface area contributed by atoms with Gasteiger partial charge in [0, 0.05) is 6.08 Å². The average Bonchev–Trinajstić information content (AvgIpc) is 2.16. The standard InChI is InChI=1S/C9H12O7/c1-4-5(10)16-7(13)9(3,15)8(2,14)6(11)12/h4,14-15H,1H2,2-3H3,(H,11,12). The summed E-state index contributed by atoms with van der Waals surface area (Å²) in [6.45, 7) is 4.43. The first-order valence-corrected chi connectivity index (χ1v) is 4.14. The fourth-order valence-electron chi connectivity index (χ4n) is 0.639. The number of hydrogen-bond donors (Lipinski definition) is 3. The molecule has 0 aliphatic rings. The highest BCUT2D eigenvalue weighted by Gasteiger charge is 2.55. The van der Waals surface area contributed by atoms with Gasteiger partial charge in [0.2, 0.25) is 0 Å². The molecule has 0 amide bonds. The van der Waals surface area contributed by atoms with E-state index in [4.69, 9.17) is 5.11 Å². The normalized spacial score (nSPS) is 17.8. The van der Waals surface area contributed by atoms with Gasteiger partial charge in [-0.1, -0.05) is 6.58 Å². The molecule has 0 saturated heterocycles. The minimum Gasteiger partial charge on any atom is -0.479 e. The van der Waals surface area contributed by atoms with Gasteiger partial charge in [-0.2, -0.15) is 0 Å². The Hall–Kier alpha value is -1.73. The Morgan fingerprint density at radius 1 is 1.19 bits per heavy atom. The second-order valence-corrected chi connectivity index (χ2v) is 3.36.